The van der Waals surface area contributed by atoms with Gasteiger partial charge in [-0.15, -0.1) is 6.58 Å². The molecule has 1 N–H and O–H groups in total. The van der Waals surface area contributed by atoms with Gasteiger partial charge in [0.25, 0.3) is 0 Å². The molecule has 0 aliphatic rings. The number of carboxylic acids is 1. The van der Waals surface area contributed by atoms with Crippen molar-refractivity contribution in [2.24, 2.45) is 0 Å². The van der Waals surface area contributed by atoms with Crippen molar-refractivity contribution in [1.82, 2.24) is 0 Å². The van der Waals surface area contributed by atoms with Crippen LogP contribution in [0.1, 0.15) is 37.3 Å². The van der Waals surface area contributed by atoms with E-state index in [1.165, 1.54) is 5.56 Å². The van der Waals surface area contributed by atoms with Gasteiger partial charge in [-0.05, 0) is 29.5 Å². The number of hydrogen-bond donors (Lipinski definition) is 1. The fourth-order valence-corrected chi connectivity index (χ4v) is 1.54. The molecule has 0 aliphatic carbocycles. The van der Waals surface area contributed by atoms with Crippen molar-refractivity contribution in [2.75, 3.05) is 0 Å². The topological polar surface area (TPSA) is 37.3 Å². The Kier molecular flexibility index (Phi) is 4.70. The molecule has 0 aromatic heterocycles. The quantitative estimate of drug-likeness (QED) is 0.616. The molecule has 0 atom stereocenters. The molecule has 1 aromatic rings. The van der Waals surface area contributed by atoms with Gasteiger partial charge in [0.2, 0.25) is 0 Å². The first-order chi connectivity index (χ1) is 8.04. The average molecular weight is 230 g/mol. The van der Waals surface area contributed by atoms with Crippen molar-refractivity contribution in [3.8, 4) is 0 Å². The third-order valence-corrected chi connectivity index (χ3v) is 2.58. The molecule has 1 aromatic carbocycles. The minimum atomic E-state index is -0.891. The van der Waals surface area contributed by atoms with Gasteiger partial charge in [-0.25, -0.2) is 4.79 Å². The summed E-state index contributed by atoms with van der Waals surface area (Å²) >= 11 is 0. The molecule has 2 nitrogen and oxygen atoms in total. The second kappa shape index (κ2) is 6.04. The number of hydrogen-bond acceptors (Lipinski definition) is 1. The smallest absolute Gasteiger partial charge is 0.331 e. The second-order valence-electron chi connectivity index (χ2n) is 4.29. The Balaban J connectivity index is 2.96. The first-order valence-corrected chi connectivity index (χ1v) is 5.69. The Morgan fingerprint density at radius 3 is 2.35 bits per heavy atom. The van der Waals surface area contributed by atoms with Gasteiger partial charge < -0.3 is 5.11 Å². The van der Waals surface area contributed by atoms with E-state index in [4.69, 9.17) is 5.11 Å². The van der Waals surface area contributed by atoms with Crippen molar-refractivity contribution >= 4 is 12.0 Å². The Hall–Kier alpha value is -1.83. The van der Waals surface area contributed by atoms with Crippen LogP contribution in [0.3, 0.4) is 0 Å². The number of benzene rings is 1. The van der Waals surface area contributed by atoms with Gasteiger partial charge in [0, 0.05) is 5.57 Å². The molecule has 2 heteroatoms. The monoisotopic (exact) mass is 230 g/mol. The van der Waals surface area contributed by atoms with Crippen LogP contribution in [-0.2, 0) is 4.79 Å². The van der Waals surface area contributed by atoms with E-state index in [-0.39, 0.29) is 0 Å². The Labute approximate surface area is 102 Å². The molecule has 0 saturated heterocycles. The Morgan fingerprint density at radius 2 is 1.94 bits per heavy atom. The molecule has 0 amide bonds. The van der Waals surface area contributed by atoms with Crippen LogP contribution >= 0.6 is 0 Å². The lowest BCUT2D eigenvalue weighted by Gasteiger charge is -2.05. The first-order valence-electron chi connectivity index (χ1n) is 5.69. The normalized spacial score (nSPS) is 11.6. The highest BCUT2D eigenvalue weighted by atomic mass is 16.4. The van der Waals surface area contributed by atoms with Crippen LogP contribution in [0, 0.1) is 0 Å². The van der Waals surface area contributed by atoms with E-state index in [1.54, 1.807) is 12.2 Å². The minimum absolute atomic E-state index is 0.359. The molecule has 0 radical (unpaired) electrons. The number of aliphatic carboxylic acids is 1. The predicted molar refractivity (Wildman–Crippen MR) is 71.0 cm³/mol. The lowest BCUT2D eigenvalue weighted by atomic mass is 10.0. The molecule has 0 aliphatic heterocycles. The summed E-state index contributed by atoms with van der Waals surface area (Å²) in [5.74, 6) is -0.405. The summed E-state index contributed by atoms with van der Waals surface area (Å²) in [7, 11) is 0. The van der Waals surface area contributed by atoms with Gasteiger partial charge in [0.15, 0.2) is 0 Å². The summed E-state index contributed by atoms with van der Waals surface area (Å²) in [5, 5.41) is 8.99. The Morgan fingerprint density at radius 1 is 1.35 bits per heavy atom. The van der Waals surface area contributed by atoms with E-state index in [0.717, 1.165) is 5.56 Å². The van der Waals surface area contributed by atoms with Gasteiger partial charge >= 0.3 is 5.97 Å². The standard InChI is InChI=1S/C15H18O2/c1-4-5-14(15(16)17)10-12-6-8-13(9-7-12)11(2)3/h4,6-11H,1,5H2,2-3H3,(H,16,17)/b14-10+. The third-order valence-electron chi connectivity index (χ3n) is 2.58. The fraction of sp³-hybridized carbons (Fsp3) is 0.267. The van der Waals surface area contributed by atoms with E-state index >= 15 is 0 Å². The van der Waals surface area contributed by atoms with E-state index < -0.39 is 5.97 Å². The van der Waals surface area contributed by atoms with E-state index in [0.29, 0.717) is 17.9 Å². The maximum atomic E-state index is 11.0. The minimum Gasteiger partial charge on any atom is -0.478 e. The highest BCUT2D eigenvalue weighted by Crippen LogP contribution is 2.17. The zero-order valence-electron chi connectivity index (χ0n) is 10.3. The number of carbonyl (C=O) groups is 1. The highest BCUT2D eigenvalue weighted by molar-refractivity contribution is 5.92. The van der Waals surface area contributed by atoms with Gasteiger partial charge in [-0.2, -0.15) is 0 Å². The molecule has 0 saturated carbocycles. The molecule has 0 fully saturated rings. The van der Waals surface area contributed by atoms with Crippen molar-refractivity contribution in [3.05, 3.63) is 53.6 Å². The van der Waals surface area contributed by atoms with E-state index in [2.05, 4.69) is 20.4 Å². The maximum Gasteiger partial charge on any atom is 0.331 e. The van der Waals surface area contributed by atoms with E-state index in [9.17, 15) is 4.79 Å². The molecular weight excluding hydrogens is 212 g/mol. The van der Waals surface area contributed by atoms with Crippen LogP contribution < -0.4 is 0 Å². The SMILES string of the molecule is C=CC/C(=C\c1ccc(C(C)C)cc1)C(=O)O. The predicted octanol–water partition coefficient (Wildman–Crippen LogP) is 3.85. The highest BCUT2D eigenvalue weighted by Gasteiger charge is 2.05. The first kappa shape index (κ1) is 13.2. The van der Waals surface area contributed by atoms with Crippen molar-refractivity contribution in [3.63, 3.8) is 0 Å². The van der Waals surface area contributed by atoms with Crippen LogP contribution in [0.2, 0.25) is 0 Å². The lowest BCUT2D eigenvalue weighted by Crippen LogP contribution is -1.99. The number of allylic oxidation sites excluding steroid dienone is 1. The van der Waals surface area contributed by atoms with Crippen molar-refractivity contribution < 1.29 is 9.90 Å². The molecule has 0 spiro atoms. The molecule has 0 unspecified atom stereocenters. The number of carboxylic acid groups (broad SMARTS) is 1. The molecule has 0 bridgehead atoms. The van der Waals surface area contributed by atoms with E-state index in [1.807, 2.05) is 24.3 Å². The summed E-state index contributed by atoms with van der Waals surface area (Å²) in [4.78, 5) is 11.0. The zero-order valence-corrected chi connectivity index (χ0v) is 10.3. The number of rotatable bonds is 5. The van der Waals surface area contributed by atoms with Crippen LogP contribution in [-0.4, -0.2) is 11.1 Å². The molecular formula is C15H18O2. The van der Waals surface area contributed by atoms with Gasteiger partial charge in [-0.1, -0.05) is 44.2 Å². The van der Waals surface area contributed by atoms with Gasteiger partial charge in [-0.3, -0.25) is 0 Å². The average Bonchev–Trinajstić information content (AvgIpc) is 2.29. The van der Waals surface area contributed by atoms with Crippen LogP contribution in [0.4, 0.5) is 0 Å². The van der Waals surface area contributed by atoms with Gasteiger partial charge in [0.05, 0.1) is 0 Å². The molecule has 90 valence electrons. The van der Waals surface area contributed by atoms with Crippen LogP contribution in [0.5, 0.6) is 0 Å². The third kappa shape index (κ3) is 3.91. The summed E-state index contributed by atoms with van der Waals surface area (Å²) in [5.41, 5.74) is 2.52. The largest absolute Gasteiger partial charge is 0.478 e. The fourth-order valence-electron chi connectivity index (χ4n) is 1.54. The summed E-state index contributed by atoms with van der Waals surface area (Å²) in [6.45, 7) is 7.82. The maximum absolute atomic E-state index is 11.0. The molecule has 17 heavy (non-hydrogen) atoms. The molecule has 1 rings (SSSR count). The molecule has 0 heterocycles. The van der Waals surface area contributed by atoms with Gasteiger partial charge in [0.1, 0.15) is 0 Å². The zero-order chi connectivity index (χ0) is 12.8. The van der Waals surface area contributed by atoms with Crippen molar-refractivity contribution in [2.45, 2.75) is 26.2 Å². The lowest BCUT2D eigenvalue weighted by molar-refractivity contribution is -0.132. The summed E-state index contributed by atoms with van der Waals surface area (Å²) in [6.07, 6.45) is 3.66. The second-order valence-corrected chi connectivity index (χ2v) is 4.29. The summed E-state index contributed by atoms with van der Waals surface area (Å²) in [6, 6.07) is 7.95. The summed E-state index contributed by atoms with van der Waals surface area (Å²) < 4.78 is 0. The Bertz CT molecular complexity index is 425. The van der Waals surface area contributed by atoms with Crippen molar-refractivity contribution in [1.29, 1.82) is 0 Å². The van der Waals surface area contributed by atoms with Crippen LogP contribution in [0.25, 0.3) is 6.08 Å². The van der Waals surface area contributed by atoms with Crippen LogP contribution in [0.15, 0.2) is 42.5 Å².